The van der Waals surface area contributed by atoms with Crippen molar-refractivity contribution in [3.63, 3.8) is 0 Å². The number of primary amides is 1. The lowest BCUT2D eigenvalue weighted by atomic mass is 9.99. The van der Waals surface area contributed by atoms with Gasteiger partial charge in [0.25, 0.3) is 5.91 Å². The summed E-state index contributed by atoms with van der Waals surface area (Å²) in [7, 11) is 0. The molecule has 5 N–H and O–H groups in total. The first-order chi connectivity index (χ1) is 14.4. The Morgan fingerprint density at radius 2 is 1.93 bits per heavy atom. The Morgan fingerprint density at radius 3 is 2.73 bits per heavy atom. The molecule has 0 fully saturated rings. The highest BCUT2D eigenvalue weighted by Gasteiger charge is 2.22. The molecule has 2 aromatic carbocycles. The molecule has 148 valence electrons. The second-order valence-electron chi connectivity index (χ2n) is 7.00. The largest absolute Gasteiger partial charge is 0.395 e. The number of nitrogens with one attached hydrogen (secondary N) is 1. The van der Waals surface area contributed by atoms with Crippen LogP contribution in [0.2, 0.25) is 0 Å². The van der Waals surface area contributed by atoms with E-state index in [1.54, 1.807) is 17.5 Å². The van der Waals surface area contributed by atoms with Crippen LogP contribution in [0, 0.1) is 13.8 Å². The lowest BCUT2D eigenvalue weighted by Gasteiger charge is -2.14. The summed E-state index contributed by atoms with van der Waals surface area (Å²) >= 11 is 1.55. The van der Waals surface area contributed by atoms with Crippen molar-refractivity contribution < 1.29 is 4.79 Å². The number of anilines is 1. The molecular formula is C21H17N7OS. The number of carbonyl (C=O) groups is 1. The van der Waals surface area contributed by atoms with Gasteiger partial charge in [0.2, 0.25) is 0 Å². The standard InChI is InChI=1S/C21H17N7OS/c1-9-6-7-13-12(8-24-28-13)15(9)17-16(22)18(20(23)29)27-21(26-17)11-4-3-5-14-19(11)30-10(2)25-14/h3-8H,22H2,1-2H3,(H2,23,29)(H,24,28). The minimum absolute atomic E-state index is 0.00635. The lowest BCUT2D eigenvalue weighted by Crippen LogP contribution is -2.18. The van der Waals surface area contributed by atoms with Gasteiger partial charge in [0.05, 0.1) is 38.3 Å². The van der Waals surface area contributed by atoms with Gasteiger partial charge in [-0.05, 0) is 37.6 Å². The smallest absolute Gasteiger partial charge is 0.269 e. The van der Waals surface area contributed by atoms with E-state index in [4.69, 9.17) is 16.5 Å². The maximum Gasteiger partial charge on any atom is 0.269 e. The molecule has 0 aliphatic carbocycles. The third kappa shape index (κ3) is 2.71. The van der Waals surface area contributed by atoms with Gasteiger partial charge in [-0.15, -0.1) is 11.3 Å². The first-order valence-electron chi connectivity index (χ1n) is 9.21. The van der Waals surface area contributed by atoms with Crippen LogP contribution in [0.4, 0.5) is 5.69 Å². The molecule has 1 amide bonds. The number of H-pyrrole nitrogens is 1. The van der Waals surface area contributed by atoms with Crippen molar-refractivity contribution >= 4 is 44.1 Å². The van der Waals surface area contributed by atoms with E-state index in [0.717, 1.165) is 42.8 Å². The van der Waals surface area contributed by atoms with Crippen molar-refractivity contribution in [2.45, 2.75) is 13.8 Å². The summed E-state index contributed by atoms with van der Waals surface area (Å²) in [4.78, 5) is 25.9. The van der Waals surface area contributed by atoms with E-state index < -0.39 is 5.91 Å². The zero-order valence-electron chi connectivity index (χ0n) is 16.2. The van der Waals surface area contributed by atoms with E-state index >= 15 is 0 Å². The summed E-state index contributed by atoms with van der Waals surface area (Å²) in [5, 5.41) is 8.87. The number of benzene rings is 2. The number of carbonyl (C=O) groups excluding carboxylic acids is 1. The number of rotatable bonds is 3. The predicted octanol–water partition coefficient (Wildman–Crippen LogP) is 3.59. The van der Waals surface area contributed by atoms with Gasteiger partial charge in [0.1, 0.15) is 0 Å². The van der Waals surface area contributed by atoms with E-state index in [1.807, 2.05) is 44.2 Å². The van der Waals surface area contributed by atoms with Crippen LogP contribution in [-0.2, 0) is 0 Å². The number of aromatic nitrogens is 5. The van der Waals surface area contributed by atoms with Gasteiger partial charge >= 0.3 is 0 Å². The number of nitrogen functional groups attached to an aromatic ring is 1. The van der Waals surface area contributed by atoms with Crippen LogP contribution in [0.25, 0.3) is 43.8 Å². The highest BCUT2D eigenvalue weighted by Crippen LogP contribution is 2.37. The average Bonchev–Trinajstić information content (AvgIpc) is 3.33. The van der Waals surface area contributed by atoms with Crippen molar-refractivity contribution in [2.75, 3.05) is 5.73 Å². The molecule has 5 rings (SSSR count). The van der Waals surface area contributed by atoms with E-state index in [-0.39, 0.29) is 11.4 Å². The van der Waals surface area contributed by atoms with Crippen molar-refractivity contribution in [2.24, 2.45) is 5.73 Å². The van der Waals surface area contributed by atoms with Gasteiger partial charge in [-0.1, -0.05) is 12.1 Å². The van der Waals surface area contributed by atoms with E-state index in [2.05, 4.69) is 20.2 Å². The van der Waals surface area contributed by atoms with Crippen molar-refractivity contribution in [3.05, 3.63) is 52.8 Å². The summed E-state index contributed by atoms with van der Waals surface area (Å²) in [6, 6.07) is 9.63. The molecule has 0 aliphatic heterocycles. The Hall–Kier alpha value is -3.85. The lowest BCUT2D eigenvalue weighted by molar-refractivity contribution is 0.0996. The minimum atomic E-state index is -0.706. The van der Waals surface area contributed by atoms with Crippen LogP contribution in [0.15, 0.2) is 36.5 Å². The molecule has 0 radical (unpaired) electrons. The van der Waals surface area contributed by atoms with Crippen LogP contribution in [0.5, 0.6) is 0 Å². The summed E-state index contributed by atoms with van der Waals surface area (Å²) in [5.41, 5.74) is 16.8. The molecule has 0 saturated carbocycles. The topological polar surface area (TPSA) is 136 Å². The third-order valence-electron chi connectivity index (χ3n) is 5.01. The molecule has 3 heterocycles. The molecule has 0 saturated heterocycles. The Kier molecular flexibility index (Phi) is 4.00. The molecular weight excluding hydrogens is 398 g/mol. The molecule has 30 heavy (non-hydrogen) atoms. The van der Waals surface area contributed by atoms with Crippen LogP contribution in [0.1, 0.15) is 21.1 Å². The summed E-state index contributed by atoms with van der Waals surface area (Å²) in [5.74, 6) is -0.329. The number of hydrogen-bond acceptors (Lipinski definition) is 7. The second kappa shape index (κ2) is 6.60. The SMILES string of the molecule is Cc1nc2cccc(-c3nc(C(N)=O)c(N)c(-c4c(C)ccc5[nH]ncc45)n3)c2s1. The van der Waals surface area contributed by atoms with Gasteiger partial charge in [0, 0.05) is 16.5 Å². The Morgan fingerprint density at radius 1 is 1.10 bits per heavy atom. The number of nitrogens with two attached hydrogens (primary N) is 2. The van der Waals surface area contributed by atoms with Crippen molar-refractivity contribution in [1.29, 1.82) is 0 Å². The number of nitrogens with zero attached hydrogens (tertiary/aromatic N) is 4. The van der Waals surface area contributed by atoms with Crippen LogP contribution >= 0.6 is 11.3 Å². The fourth-order valence-electron chi connectivity index (χ4n) is 3.65. The number of thiazole rings is 1. The summed E-state index contributed by atoms with van der Waals surface area (Å²) in [6.45, 7) is 3.90. The van der Waals surface area contributed by atoms with Crippen LogP contribution < -0.4 is 11.5 Å². The maximum atomic E-state index is 12.2. The molecule has 9 heteroatoms. The number of hydrogen-bond donors (Lipinski definition) is 3. The zero-order chi connectivity index (χ0) is 21.0. The van der Waals surface area contributed by atoms with Crippen molar-refractivity contribution in [1.82, 2.24) is 25.1 Å². The summed E-state index contributed by atoms with van der Waals surface area (Å²) in [6.07, 6.45) is 1.72. The van der Waals surface area contributed by atoms with Gasteiger partial charge in [-0.3, -0.25) is 9.89 Å². The van der Waals surface area contributed by atoms with E-state index in [1.165, 1.54) is 0 Å². The van der Waals surface area contributed by atoms with Crippen LogP contribution in [-0.4, -0.2) is 31.1 Å². The number of fused-ring (bicyclic) bond motifs is 2. The molecule has 0 aliphatic rings. The number of aromatic amines is 1. The monoisotopic (exact) mass is 415 g/mol. The predicted molar refractivity (Wildman–Crippen MR) is 118 cm³/mol. The molecule has 3 aromatic heterocycles. The molecule has 8 nitrogen and oxygen atoms in total. The molecule has 0 unspecified atom stereocenters. The first kappa shape index (κ1) is 18.2. The number of aryl methyl sites for hydroxylation is 2. The molecule has 5 aromatic rings. The first-order valence-corrected chi connectivity index (χ1v) is 10.0. The van der Waals surface area contributed by atoms with Crippen molar-refractivity contribution in [3.8, 4) is 22.6 Å². The normalized spacial score (nSPS) is 11.4. The zero-order valence-corrected chi connectivity index (χ0v) is 17.0. The molecule has 0 atom stereocenters. The molecule has 0 spiro atoms. The van der Waals surface area contributed by atoms with Gasteiger partial charge in [0.15, 0.2) is 11.5 Å². The van der Waals surface area contributed by atoms with E-state index in [0.29, 0.717) is 11.5 Å². The molecule has 0 bridgehead atoms. The number of amides is 1. The summed E-state index contributed by atoms with van der Waals surface area (Å²) < 4.78 is 0.944. The Balaban J connectivity index is 1.87. The Bertz CT molecular complexity index is 1470. The maximum absolute atomic E-state index is 12.2. The average molecular weight is 415 g/mol. The Labute approximate surface area is 175 Å². The third-order valence-corrected chi connectivity index (χ3v) is 6.03. The highest BCUT2D eigenvalue weighted by atomic mass is 32.1. The van der Waals surface area contributed by atoms with Crippen LogP contribution in [0.3, 0.4) is 0 Å². The second-order valence-corrected chi connectivity index (χ2v) is 8.20. The fraction of sp³-hybridized carbons (Fsp3) is 0.0952. The minimum Gasteiger partial charge on any atom is -0.395 e. The van der Waals surface area contributed by atoms with Gasteiger partial charge in [-0.25, -0.2) is 15.0 Å². The fourth-order valence-corrected chi connectivity index (χ4v) is 4.57. The van der Waals surface area contributed by atoms with Gasteiger partial charge in [-0.2, -0.15) is 5.10 Å². The van der Waals surface area contributed by atoms with E-state index in [9.17, 15) is 4.79 Å². The highest BCUT2D eigenvalue weighted by molar-refractivity contribution is 7.19. The van der Waals surface area contributed by atoms with Gasteiger partial charge < -0.3 is 11.5 Å². The quantitative estimate of drug-likeness (QED) is 0.412.